The Balaban J connectivity index is 2.15. The minimum Gasteiger partial charge on any atom is -0.493 e. The van der Waals surface area contributed by atoms with Crippen LogP contribution in [0.4, 0.5) is 0 Å². The Hall–Kier alpha value is -0.540. The van der Waals surface area contributed by atoms with Crippen LogP contribution < -0.4 is 4.74 Å². The van der Waals surface area contributed by atoms with Gasteiger partial charge in [0.2, 0.25) is 0 Å². The van der Waals surface area contributed by atoms with E-state index in [0.717, 1.165) is 23.2 Å². The zero-order chi connectivity index (χ0) is 9.76. The maximum absolute atomic E-state index is 9.46. The van der Waals surface area contributed by atoms with Gasteiger partial charge in [-0.25, -0.2) is 0 Å². The molecule has 1 fully saturated rings. The summed E-state index contributed by atoms with van der Waals surface area (Å²) in [5.74, 6) is 1.46. The monoisotopic (exact) mass is 254 g/mol. The fourth-order valence-corrected chi connectivity index (χ4v) is 2.78. The Morgan fingerprint density at radius 2 is 2.43 bits per heavy atom. The van der Waals surface area contributed by atoms with E-state index in [9.17, 15) is 5.11 Å². The molecule has 0 radical (unpaired) electrons. The van der Waals surface area contributed by atoms with Gasteiger partial charge in [0.15, 0.2) is 0 Å². The third kappa shape index (κ3) is 0.997. The predicted molar refractivity (Wildman–Crippen MR) is 56.5 cm³/mol. The minimum atomic E-state index is 0.0113. The maximum atomic E-state index is 9.46. The molecule has 3 rings (SSSR count). The summed E-state index contributed by atoms with van der Waals surface area (Å²) in [4.78, 5) is 0. The van der Waals surface area contributed by atoms with E-state index < -0.39 is 0 Å². The van der Waals surface area contributed by atoms with Crippen LogP contribution in [0.2, 0.25) is 0 Å². The van der Waals surface area contributed by atoms with Crippen molar-refractivity contribution in [2.75, 3.05) is 13.2 Å². The van der Waals surface area contributed by atoms with Crippen LogP contribution in [-0.2, 0) is 5.41 Å². The highest BCUT2D eigenvalue weighted by molar-refractivity contribution is 9.10. The average molecular weight is 255 g/mol. The first kappa shape index (κ1) is 8.74. The van der Waals surface area contributed by atoms with Gasteiger partial charge in [0.05, 0.1) is 13.2 Å². The lowest BCUT2D eigenvalue weighted by atomic mass is 9.92. The van der Waals surface area contributed by atoms with Crippen LogP contribution >= 0.6 is 15.9 Å². The zero-order valence-electron chi connectivity index (χ0n) is 7.66. The lowest BCUT2D eigenvalue weighted by molar-refractivity contribution is 0.197. The number of benzene rings is 1. The van der Waals surface area contributed by atoms with E-state index >= 15 is 0 Å². The molecule has 1 aromatic rings. The number of fused-ring (bicyclic) bond motifs is 3. The average Bonchev–Trinajstić information content (AvgIpc) is 2.93. The molecule has 14 heavy (non-hydrogen) atoms. The Kier molecular flexibility index (Phi) is 1.71. The van der Waals surface area contributed by atoms with E-state index in [0.29, 0.717) is 5.92 Å². The molecular weight excluding hydrogens is 244 g/mol. The maximum Gasteiger partial charge on any atom is 0.123 e. The Morgan fingerprint density at radius 3 is 3.21 bits per heavy atom. The molecule has 0 amide bonds. The number of halogens is 1. The predicted octanol–water partition coefficient (Wildman–Crippen LogP) is 2.09. The van der Waals surface area contributed by atoms with Crippen molar-refractivity contribution in [3.8, 4) is 5.75 Å². The first-order valence-corrected chi connectivity index (χ1v) is 5.59. The highest BCUT2D eigenvalue weighted by Gasteiger charge is 2.58. The molecule has 1 aliphatic carbocycles. The molecule has 3 heteroatoms. The molecular formula is C11H11BrO2. The standard InChI is InChI=1S/C11H11BrO2/c12-8-1-2-10-9(3-8)11(6-13)4-7(11)5-14-10/h1-3,7,13H,4-6H2. The molecule has 0 spiro atoms. The van der Waals surface area contributed by atoms with Crippen molar-refractivity contribution in [1.82, 2.24) is 0 Å². The second-order valence-corrected chi connectivity index (χ2v) is 5.08. The number of aliphatic hydroxyl groups is 1. The molecule has 1 N–H and O–H groups in total. The minimum absolute atomic E-state index is 0.0113. The lowest BCUT2D eigenvalue weighted by Crippen LogP contribution is -2.24. The zero-order valence-corrected chi connectivity index (χ0v) is 9.25. The van der Waals surface area contributed by atoms with Crippen LogP contribution in [0.15, 0.2) is 22.7 Å². The summed E-state index contributed by atoms with van der Waals surface area (Å²) in [6.45, 7) is 1.000. The van der Waals surface area contributed by atoms with E-state index in [4.69, 9.17) is 4.74 Å². The highest BCUT2D eigenvalue weighted by Crippen LogP contribution is 2.59. The van der Waals surface area contributed by atoms with E-state index in [1.807, 2.05) is 12.1 Å². The number of hydrogen-bond donors (Lipinski definition) is 1. The Labute approximate surface area is 91.0 Å². The van der Waals surface area contributed by atoms with Crippen molar-refractivity contribution in [3.63, 3.8) is 0 Å². The van der Waals surface area contributed by atoms with E-state index in [2.05, 4.69) is 22.0 Å². The van der Waals surface area contributed by atoms with Gasteiger partial charge >= 0.3 is 0 Å². The molecule has 2 atom stereocenters. The molecule has 0 bridgehead atoms. The van der Waals surface area contributed by atoms with Gasteiger partial charge in [0, 0.05) is 21.4 Å². The van der Waals surface area contributed by atoms with Crippen LogP contribution in [0, 0.1) is 5.92 Å². The molecule has 2 unspecified atom stereocenters. The number of aliphatic hydroxyl groups excluding tert-OH is 1. The molecule has 74 valence electrons. The summed E-state index contributed by atoms with van der Waals surface area (Å²) in [6, 6.07) is 6.03. The molecule has 1 aromatic carbocycles. The summed E-state index contributed by atoms with van der Waals surface area (Å²) in [7, 11) is 0. The van der Waals surface area contributed by atoms with Crippen LogP contribution in [-0.4, -0.2) is 18.3 Å². The van der Waals surface area contributed by atoms with Crippen molar-refractivity contribution in [2.45, 2.75) is 11.8 Å². The van der Waals surface area contributed by atoms with Crippen LogP contribution in [0.3, 0.4) is 0 Å². The second-order valence-electron chi connectivity index (χ2n) is 4.17. The summed E-state index contributed by atoms with van der Waals surface area (Å²) in [5, 5.41) is 9.46. The summed E-state index contributed by atoms with van der Waals surface area (Å²) in [5.41, 5.74) is 1.18. The number of hydrogen-bond acceptors (Lipinski definition) is 2. The van der Waals surface area contributed by atoms with Gasteiger partial charge in [-0.1, -0.05) is 15.9 Å². The lowest BCUT2D eigenvalue weighted by Gasteiger charge is -2.24. The molecule has 1 aliphatic heterocycles. The summed E-state index contributed by atoms with van der Waals surface area (Å²) >= 11 is 3.45. The third-order valence-electron chi connectivity index (χ3n) is 3.43. The number of rotatable bonds is 1. The molecule has 0 saturated heterocycles. The van der Waals surface area contributed by atoms with Crippen molar-refractivity contribution in [2.24, 2.45) is 5.92 Å². The quantitative estimate of drug-likeness (QED) is 0.832. The fourth-order valence-electron chi connectivity index (χ4n) is 2.42. The van der Waals surface area contributed by atoms with Crippen molar-refractivity contribution in [3.05, 3.63) is 28.2 Å². The molecule has 1 saturated carbocycles. The molecule has 1 heterocycles. The van der Waals surface area contributed by atoms with Crippen molar-refractivity contribution >= 4 is 15.9 Å². The van der Waals surface area contributed by atoms with Crippen molar-refractivity contribution < 1.29 is 9.84 Å². The van der Waals surface area contributed by atoms with Gasteiger partial charge in [-0.15, -0.1) is 0 Å². The summed E-state index contributed by atoms with van der Waals surface area (Å²) < 4.78 is 6.68. The van der Waals surface area contributed by atoms with Gasteiger partial charge in [-0.2, -0.15) is 0 Å². The van der Waals surface area contributed by atoms with Gasteiger partial charge in [0.1, 0.15) is 5.75 Å². The Morgan fingerprint density at radius 1 is 1.57 bits per heavy atom. The van der Waals surface area contributed by atoms with Crippen LogP contribution in [0.1, 0.15) is 12.0 Å². The van der Waals surface area contributed by atoms with Gasteiger partial charge in [0.25, 0.3) is 0 Å². The van der Waals surface area contributed by atoms with Crippen LogP contribution in [0.5, 0.6) is 5.75 Å². The van der Waals surface area contributed by atoms with E-state index in [-0.39, 0.29) is 12.0 Å². The number of ether oxygens (including phenoxy) is 1. The first-order chi connectivity index (χ1) is 6.76. The van der Waals surface area contributed by atoms with Gasteiger partial charge in [-0.05, 0) is 24.6 Å². The first-order valence-electron chi connectivity index (χ1n) is 4.80. The van der Waals surface area contributed by atoms with E-state index in [1.54, 1.807) is 0 Å². The second kappa shape index (κ2) is 2.74. The molecule has 2 aliphatic rings. The normalized spacial score (nSPS) is 32.9. The topological polar surface area (TPSA) is 29.5 Å². The molecule has 2 nitrogen and oxygen atoms in total. The van der Waals surface area contributed by atoms with Gasteiger partial charge in [-0.3, -0.25) is 0 Å². The molecule has 0 aromatic heterocycles. The summed E-state index contributed by atoms with van der Waals surface area (Å²) in [6.07, 6.45) is 1.06. The third-order valence-corrected chi connectivity index (χ3v) is 3.93. The smallest absolute Gasteiger partial charge is 0.123 e. The largest absolute Gasteiger partial charge is 0.493 e. The SMILES string of the molecule is OCC12CC1COc1ccc(Br)cc12. The Bertz CT molecular complexity index is 391. The van der Waals surface area contributed by atoms with E-state index in [1.165, 1.54) is 5.56 Å². The highest BCUT2D eigenvalue weighted by atomic mass is 79.9. The fraction of sp³-hybridized carbons (Fsp3) is 0.455. The van der Waals surface area contributed by atoms with Gasteiger partial charge < -0.3 is 9.84 Å². The van der Waals surface area contributed by atoms with Crippen LogP contribution in [0.25, 0.3) is 0 Å². The van der Waals surface area contributed by atoms with Crippen molar-refractivity contribution in [1.29, 1.82) is 0 Å².